The van der Waals surface area contributed by atoms with Gasteiger partial charge in [0.1, 0.15) is 11.0 Å². The lowest BCUT2D eigenvalue weighted by Gasteiger charge is -2.21. The average molecular weight is 269 g/mol. The number of aldehydes is 1. The highest BCUT2D eigenvalue weighted by Crippen LogP contribution is 2.18. The van der Waals surface area contributed by atoms with E-state index >= 15 is 0 Å². The number of amides is 1. The second-order valence-corrected chi connectivity index (χ2v) is 7.04. The summed E-state index contributed by atoms with van der Waals surface area (Å²) in [7, 11) is -3.50. The van der Waals surface area contributed by atoms with Crippen LogP contribution in [0.2, 0.25) is 0 Å². The molecular formula is C12H15NO4S. The van der Waals surface area contributed by atoms with E-state index in [1.807, 2.05) is 0 Å². The summed E-state index contributed by atoms with van der Waals surface area (Å²) in [4.78, 5) is 22.3. The van der Waals surface area contributed by atoms with Crippen molar-refractivity contribution in [3.63, 3.8) is 0 Å². The Bertz CT molecular complexity index is 558. The summed E-state index contributed by atoms with van der Waals surface area (Å²) in [6.07, 6.45) is 1.70. The number of carbonyl (C=O) groups excluding carboxylic acids is 2. The van der Waals surface area contributed by atoms with Crippen LogP contribution >= 0.6 is 0 Å². The first-order chi connectivity index (χ1) is 8.18. The van der Waals surface area contributed by atoms with Gasteiger partial charge >= 0.3 is 0 Å². The Labute approximate surface area is 106 Å². The van der Waals surface area contributed by atoms with Crippen molar-refractivity contribution in [1.82, 2.24) is 0 Å². The molecule has 0 aromatic heterocycles. The number of nitrogens with one attached hydrogen (secondary N) is 1. The standard InChI is InChI=1S/C12H15NO4S/c1-12(2,18(3,16)17)11(15)13-10-6-4-9(8-14)5-7-10/h4-8H,1-3H3,(H,13,15). The molecule has 98 valence electrons. The van der Waals surface area contributed by atoms with Gasteiger partial charge in [-0.25, -0.2) is 8.42 Å². The van der Waals surface area contributed by atoms with E-state index in [0.29, 0.717) is 17.5 Å². The number of hydrogen-bond donors (Lipinski definition) is 1. The molecule has 18 heavy (non-hydrogen) atoms. The zero-order chi connectivity index (χ0) is 14.0. The number of carbonyl (C=O) groups is 2. The van der Waals surface area contributed by atoms with Gasteiger partial charge in [-0.1, -0.05) is 0 Å². The van der Waals surface area contributed by atoms with Gasteiger partial charge in [-0.3, -0.25) is 9.59 Å². The summed E-state index contributed by atoms with van der Waals surface area (Å²) in [6, 6.07) is 6.16. The molecule has 0 fully saturated rings. The van der Waals surface area contributed by atoms with Gasteiger partial charge in [0.25, 0.3) is 0 Å². The molecule has 6 heteroatoms. The van der Waals surface area contributed by atoms with Gasteiger partial charge in [0, 0.05) is 17.5 Å². The summed E-state index contributed by atoms with van der Waals surface area (Å²) >= 11 is 0. The quantitative estimate of drug-likeness (QED) is 0.834. The third-order valence-corrected chi connectivity index (χ3v) is 4.82. The van der Waals surface area contributed by atoms with E-state index in [4.69, 9.17) is 0 Å². The van der Waals surface area contributed by atoms with E-state index in [0.717, 1.165) is 6.26 Å². The van der Waals surface area contributed by atoms with Crippen molar-refractivity contribution in [1.29, 1.82) is 0 Å². The molecule has 0 spiro atoms. The first kappa shape index (κ1) is 14.4. The van der Waals surface area contributed by atoms with Gasteiger partial charge < -0.3 is 5.32 Å². The minimum atomic E-state index is -3.50. The minimum absolute atomic E-state index is 0.447. The van der Waals surface area contributed by atoms with Crippen LogP contribution in [0.3, 0.4) is 0 Å². The topological polar surface area (TPSA) is 80.3 Å². The zero-order valence-corrected chi connectivity index (χ0v) is 11.2. The molecule has 1 rings (SSSR count). The lowest BCUT2D eigenvalue weighted by Crippen LogP contribution is -2.43. The van der Waals surface area contributed by atoms with Gasteiger partial charge in [0.05, 0.1) is 0 Å². The predicted molar refractivity (Wildman–Crippen MR) is 69.4 cm³/mol. The molecule has 0 heterocycles. The normalized spacial score (nSPS) is 11.9. The van der Waals surface area contributed by atoms with E-state index in [1.165, 1.54) is 26.0 Å². The van der Waals surface area contributed by atoms with Crippen LogP contribution in [0.25, 0.3) is 0 Å². The van der Waals surface area contributed by atoms with E-state index < -0.39 is 20.5 Å². The fraction of sp³-hybridized carbons (Fsp3) is 0.333. The molecule has 5 nitrogen and oxygen atoms in total. The maximum absolute atomic E-state index is 11.9. The monoisotopic (exact) mass is 269 g/mol. The smallest absolute Gasteiger partial charge is 0.245 e. The molecule has 0 saturated heterocycles. The van der Waals surface area contributed by atoms with Crippen molar-refractivity contribution in [2.24, 2.45) is 0 Å². The van der Waals surface area contributed by atoms with Crippen LogP contribution in [0.5, 0.6) is 0 Å². The second-order valence-electron chi connectivity index (χ2n) is 4.48. The molecule has 1 aromatic rings. The lowest BCUT2D eigenvalue weighted by atomic mass is 10.1. The lowest BCUT2D eigenvalue weighted by molar-refractivity contribution is -0.117. The molecule has 1 aromatic carbocycles. The Morgan fingerprint density at radius 3 is 2.11 bits per heavy atom. The maximum Gasteiger partial charge on any atom is 0.245 e. The van der Waals surface area contributed by atoms with Crippen LogP contribution in [-0.4, -0.2) is 31.6 Å². The van der Waals surface area contributed by atoms with Crippen LogP contribution in [0.4, 0.5) is 5.69 Å². The van der Waals surface area contributed by atoms with Gasteiger partial charge in [-0.2, -0.15) is 0 Å². The highest BCUT2D eigenvalue weighted by molar-refractivity contribution is 7.92. The van der Waals surface area contributed by atoms with E-state index in [2.05, 4.69) is 5.32 Å². The van der Waals surface area contributed by atoms with Crippen LogP contribution in [0.1, 0.15) is 24.2 Å². The molecule has 1 amide bonds. The Morgan fingerprint density at radius 2 is 1.72 bits per heavy atom. The number of benzene rings is 1. The maximum atomic E-state index is 11.9. The van der Waals surface area contributed by atoms with Gasteiger partial charge in [0.2, 0.25) is 5.91 Å². The number of sulfone groups is 1. The summed E-state index contributed by atoms with van der Waals surface area (Å²) in [5.74, 6) is -0.608. The fourth-order valence-corrected chi connectivity index (χ4v) is 1.48. The highest BCUT2D eigenvalue weighted by atomic mass is 32.2. The van der Waals surface area contributed by atoms with Gasteiger partial charge in [-0.15, -0.1) is 0 Å². The fourth-order valence-electron chi connectivity index (χ4n) is 1.10. The third-order valence-electron chi connectivity index (χ3n) is 2.78. The van der Waals surface area contributed by atoms with Crippen molar-refractivity contribution >= 4 is 27.7 Å². The Hall–Kier alpha value is -1.69. The van der Waals surface area contributed by atoms with E-state index in [9.17, 15) is 18.0 Å². The number of rotatable bonds is 4. The Balaban J connectivity index is 2.91. The van der Waals surface area contributed by atoms with Crippen molar-refractivity contribution < 1.29 is 18.0 Å². The van der Waals surface area contributed by atoms with E-state index in [-0.39, 0.29) is 0 Å². The molecule has 0 unspecified atom stereocenters. The van der Waals surface area contributed by atoms with Crippen molar-refractivity contribution in [3.8, 4) is 0 Å². The molecule has 0 radical (unpaired) electrons. The largest absolute Gasteiger partial charge is 0.325 e. The molecule has 0 aliphatic rings. The van der Waals surface area contributed by atoms with Crippen LogP contribution in [-0.2, 0) is 14.6 Å². The molecular weight excluding hydrogens is 254 g/mol. The molecule has 1 N–H and O–H groups in total. The number of hydrogen-bond acceptors (Lipinski definition) is 4. The third kappa shape index (κ3) is 2.95. The van der Waals surface area contributed by atoms with E-state index in [1.54, 1.807) is 12.1 Å². The van der Waals surface area contributed by atoms with Gasteiger partial charge in [0.15, 0.2) is 9.84 Å². The van der Waals surface area contributed by atoms with Crippen molar-refractivity contribution in [2.75, 3.05) is 11.6 Å². The summed E-state index contributed by atoms with van der Waals surface area (Å²) in [6.45, 7) is 2.69. The highest BCUT2D eigenvalue weighted by Gasteiger charge is 2.38. The van der Waals surface area contributed by atoms with Crippen molar-refractivity contribution in [2.45, 2.75) is 18.6 Å². The summed E-state index contributed by atoms with van der Waals surface area (Å²) in [5.41, 5.74) is 0.928. The second kappa shape index (κ2) is 4.89. The molecule has 0 saturated carbocycles. The van der Waals surface area contributed by atoms with Crippen LogP contribution in [0, 0.1) is 0 Å². The van der Waals surface area contributed by atoms with Crippen molar-refractivity contribution in [3.05, 3.63) is 29.8 Å². The Kier molecular flexibility index (Phi) is 3.91. The molecule has 0 aliphatic heterocycles. The molecule has 0 bridgehead atoms. The average Bonchev–Trinajstić information content (AvgIpc) is 2.28. The molecule has 0 atom stereocenters. The van der Waals surface area contributed by atoms with Crippen LogP contribution < -0.4 is 5.32 Å². The van der Waals surface area contributed by atoms with Crippen LogP contribution in [0.15, 0.2) is 24.3 Å². The predicted octanol–water partition coefficient (Wildman–Crippen LogP) is 1.26. The van der Waals surface area contributed by atoms with Gasteiger partial charge in [-0.05, 0) is 38.1 Å². The minimum Gasteiger partial charge on any atom is -0.325 e. The first-order valence-electron chi connectivity index (χ1n) is 5.25. The zero-order valence-electron chi connectivity index (χ0n) is 10.4. The first-order valence-corrected chi connectivity index (χ1v) is 7.14. The molecule has 0 aliphatic carbocycles. The summed E-state index contributed by atoms with van der Waals surface area (Å²) < 4.78 is 21.5. The Morgan fingerprint density at radius 1 is 1.22 bits per heavy atom. The SMILES string of the molecule is CC(C)(C(=O)Nc1ccc(C=O)cc1)S(C)(=O)=O. The number of anilines is 1. The summed E-state index contributed by atoms with van der Waals surface area (Å²) in [5, 5.41) is 2.51.